The van der Waals surface area contributed by atoms with Crippen LogP contribution in [0.5, 0.6) is 5.75 Å². The van der Waals surface area contributed by atoms with Crippen LogP contribution in [0.1, 0.15) is 0 Å². The van der Waals surface area contributed by atoms with E-state index in [9.17, 15) is 9.90 Å². The molecule has 1 aliphatic rings. The molecule has 4 rings (SSSR count). The highest BCUT2D eigenvalue weighted by atomic mass is 35.5. The van der Waals surface area contributed by atoms with Crippen LogP contribution >= 0.6 is 11.6 Å². The Morgan fingerprint density at radius 3 is 2.70 bits per heavy atom. The number of phenolic OH excluding ortho intramolecular Hbond substituents is 1. The Morgan fingerprint density at radius 2 is 1.96 bits per heavy atom. The summed E-state index contributed by atoms with van der Waals surface area (Å²) in [5.41, 5.74) is 3.61. The molecular weight excluding hydrogens is 364 g/mol. The van der Waals surface area contributed by atoms with Crippen LogP contribution in [-0.4, -0.2) is 52.3 Å². The Balaban J connectivity index is 1.69. The number of hydrogen-bond donors (Lipinski definition) is 2. The molecule has 0 unspecified atom stereocenters. The largest absolute Gasteiger partial charge is 0.508 e. The normalized spacial score (nSPS) is 14.6. The Labute approximate surface area is 161 Å². The minimum absolute atomic E-state index is 0.0322. The second-order valence-corrected chi connectivity index (χ2v) is 6.88. The van der Waals surface area contributed by atoms with Crippen molar-refractivity contribution in [1.29, 1.82) is 0 Å². The molecule has 1 fully saturated rings. The van der Waals surface area contributed by atoms with E-state index in [1.165, 1.54) is 6.08 Å². The van der Waals surface area contributed by atoms with E-state index in [1.807, 2.05) is 12.1 Å². The average Bonchev–Trinajstić information content (AvgIpc) is 3.19. The van der Waals surface area contributed by atoms with E-state index in [0.29, 0.717) is 18.1 Å². The highest BCUT2D eigenvalue weighted by Crippen LogP contribution is 2.38. The summed E-state index contributed by atoms with van der Waals surface area (Å²) < 4.78 is 0. The second kappa shape index (κ2) is 6.96. The number of benzene rings is 2. The molecule has 1 aromatic heterocycles. The van der Waals surface area contributed by atoms with Gasteiger partial charge in [-0.15, -0.1) is 0 Å². The first-order chi connectivity index (χ1) is 13.1. The maximum atomic E-state index is 11.8. The van der Waals surface area contributed by atoms with E-state index >= 15 is 0 Å². The highest BCUT2D eigenvalue weighted by Gasteiger charge is 2.22. The average molecular weight is 383 g/mol. The van der Waals surface area contributed by atoms with E-state index in [-0.39, 0.29) is 11.7 Å². The number of hydrogen-bond acceptors (Lipinski definition) is 4. The van der Waals surface area contributed by atoms with Gasteiger partial charge in [-0.3, -0.25) is 9.89 Å². The van der Waals surface area contributed by atoms with Gasteiger partial charge in [0.1, 0.15) is 5.75 Å². The smallest absolute Gasteiger partial charge is 0.246 e. The summed E-state index contributed by atoms with van der Waals surface area (Å²) in [6, 6.07) is 8.93. The Bertz CT molecular complexity index is 1020. The van der Waals surface area contributed by atoms with E-state index in [0.717, 1.165) is 40.8 Å². The molecular formula is C20H19ClN4O2. The van der Waals surface area contributed by atoms with Crippen molar-refractivity contribution >= 4 is 34.1 Å². The molecule has 0 bridgehead atoms. The van der Waals surface area contributed by atoms with Crippen LogP contribution < -0.4 is 4.90 Å². The number of nitrogens with zero attached hydrogens (tertiary/aromatic N) is 3. The third-order valence-electron chi connectivity index (χ3n) is 4.94. The first kappa shape index (κ1) is 17.4. The van der Waals surface area contributed by atoms with Crippen molar-refractivity contribution in [2.75, 3.05) is 31.1 Å². The predicted octanol–water partition coefficient (Wildman–Crippen LogP) is 3.42. The maximum Gasteiger partial charge on any atom is 0.246 e. The van der Waals surface area contributed by atoms with Gasteiger partial charge in [-0.25, -0.2) is 0 Å². The maximum absolute atomic E-state index is 11.8. The van der Waals surface area contributed by atoms with Crippen molar-refractivity contribution in [2.24, 2.45) is 0 Å². The van der Waals surface area contributed by atoms with Crippen molar-refractivity contribution < 1.29 is 9.90 Å². The molecule has 1 saturated heterocycles. The number of phenols is 1. The van der Waals surface area contributed by atoms with Gasteiger partial charge in [0.25, 0.3) is 0 Å². The molecule has 3 aromatic rings. The quantitative estimate of drug-likeness (QED) is 0.681. The van der Waals surface area contributed by atoms with E-state index < -0.39 is 0 Å². The number of carbonyl (C=O) groups is 1. The minimum atomic E-state index is -0.0322. The fourth-order valence-electron chi connectivity index (χ4n) is 3.54. The number of piperazine rings is 1. The van der Waals surface area contributed by atoms with E-state index in [1.54, 1.807) is 29.3 Å². The number of carbonyl (C=O) groups excluding carboxylic acids is 1. The number of aromatic hydroxyl groups is 1. The number of amides is 1. The van der Waals surface area contributed by atoms with Crippen molar-refractivity contribution in [3.05, 3.63) is 54.2 Å². The lowest BCUT2D eigenvalue weighted by molar-refractivity contribution is -0.126. The molecule has 0 aliphatic carbocycles. The van der Waals surface area contributed by atoms with Crippen LogP contribution in [0.4, 0.5) is 5.69 Å². The predicted molar refractivity (Wildman–Crippen MR) is 107 cm³/mol. The summed E-state index contributed by atoms with van der Waals surface area (Å²) in [7, 11) is 0. The molecule has 0 spiro atoms. The third-order valence-corrected chi connectivity index (χ3v) is 5.27. The number of aromatic nitrogens is 2. The van der Waals surface area contributed by atoms with Gasteiger partial charge in [-0.1, -0.05) is 24.2 Å². The van der Waals surface area contributed by atoms with Gasteiger partial charge in [0.05, 0.1) is 17.4 Å². The molecule has 27 heavy (non-hydrogen) atoms. The first-order valence-corrected chi connectivity index (χ1v) is 9.07. The first-order valence-electron chi connectivity index (χ1n) is 8.69. The minimum Gasteiger partial charge on any atom is -0.508 e. The van der Waals surface area contributed by atoms with Crippen LogP contribution in [-0.2, 0) is 4.79 Å². The van der Waals surface area contributed by atoms with Crippen molar-refractivity contribution in [3.8, 4) is 16.9 Å². The lowest BCUT2D eigenvalue weighted by atomic mass is 10.00. The molecule has 138 valence electrons. The SMILES string of the molecule is C=CC(=O)N1CCN(c2ccc(-c3cc(O)ccc3Cl)c3cn[nH]c23)CC1. The molecule has 1 amide bonds. The van der Waals surface area contributed by atoms with Crippen LogP contribution in [0.25, 0.3) is 22.0 Å². The zero-order valence-corrected chi connectivity index (χ0v) is 15.4. The summed E-state index contributed by atoms with van der Waals surface area (Å²) in [5.74, 6) is 0.133. The zero-order chi connectivity index (χ0) is 19.0. The monoisotopic (exact) mass is 382 g/mol. The summed E-state index contributed by atoms with van der Waals surface area (Å²) in [5, 5.41) is 18.6. The molecule has 2 aromatic carbocycles. The van der Waals surface area contributed by atoms with Gasteiger partial charge >= 0.3 is 0 Å². The number of anilines is 1. The van der Waals surface area contributed by atoms with Gasteiger partial charge in [0.2, 0.25) is 5.91 Å². The molecule has 7 heteroatoms. The highest BCUT2D eigenvalue weighted by molar-refractivity contribution is 6.33. The summed E-state index contributed by atoms with van der Waals surface area (Å²) >= 11 is 6.35. The Hall–Kier alpha value is -2.99. The Morgan fingerprint density at radius 1 is 1.19 bits per heavy atom. The van der Waals surface area contributed by atoms with Crippen LogP contribution in [0.15, 0.2) is 49.2 Å². The number of H-pyrrole nitrogens is 1. The number of nitrogens with one attached hydrogen (secondary N) is 1. The zero-order valence-electron chi connectivity index (χ0n) is 14.7. The molecule has 1 aliphatic heterocycles. The van der Waals surface area contributed by atoms with Crippen molar-refractivity contribution in [3.63, 3.8) is 0 Å². The number of rotatable bonds is 3. The number of aromatic amines is 1. The summed E-state index contributed by atoms with van der Waals surface area (Å²) in [6.45, 7) is 6.33. The van der Waals surface area contributed by atoms with Gasteiger partial charge in [0, 0.05) is 42.2 Å². The molecule has 0 saturated carbocycles. The molecule has 6 nitrogen and oxygen atoms in total. The fraction of sp³-hybridized carbons (Fsp3) is 0.200. The van der Waals surface area contributed by atoms with Gasteiger partial charge in [-0.2, -0.15) is 5.10 Å². The van der Waals surface area contributed by atoms with Crippen molar-refractivity contribution in [2.45, 2.75) is 0 Å². The fourth-order valence-corrected chi connectivity index (χ4v) is 3.76. The van der Waals surface area contributed by atoms with Gasteiger partial charge in [-0.05, 0) is 35.9 Å². The molecule has 0 atom stereocenters. The van der Waals surface area contributed by atoms with E-state index in [4.69, 9.17) is 11.6 Å². The van der Waals surface area contributed by atoms with Crippen molar-refractivity contribution in [1.82, 2.24) is 15.1 Å². The molecule has 2 N–H and O–H groups in total. The topological polar surface area (TPSA) is 72.5 Å². The lowest BCUT2D eigenvalue weighted by Crippen LogP contribution is -2.48. The second-order valence-electron chi connectivity index (χ2n) is 6.47. The van der Waals surface area contributed by atoms with Crippen LogP contribution in [0, 0.1) is 0 Å². The number of halogens is 1. The van der Waals surface area contributed by atoms with E-state index in [2.05, 4.69) is 21.7 Å². The van der Waals surface area contributed by atoms with Crippen LogP contribution in [0.2, 0.25) is 5.02 Å². The Kier molecular flexibility index (Phi) is 4.49. The summed E-state index contributed by atoms with van der Waals surface area (Å²) in [4.78, 5) is 15.8. The summed E-state index contributed by atoms with van der Waals surface area (Å²) in [6.07, 6.45) is 3.13. The van der Waals surface area contributed by atoms with Gasteiger partial charge < -0.3 is 14.9 Å². The third kappa shape index (κ3) is 3.13. The number of fused-ring (bicyclic) bond motifs is 1. The molecule has 0 radical (unpaired) electrons. The van der Waals surface area contributed by atoms with Crippen LogP contribution in [0.3, 0.4) is 0 Å². The van der Waals surface area contributed by atoms with Gasteiger partial charge in [0.15, 0.2) is 0 Å². The standard InChI is InChI=1S/C20H19ClN4O2/c1-2-19(27)25-9-7-24(8-10-25)18-6-4-14(16-12-22-23-20(16)18)15-11-13(26)3-5-17(15)21/h2-6,11-12,26H,1,7-10H2,(H,22,23). The molecule has 2 heterocycles. The lowest BCUT2D eigenvalue weighted by Gasteiger charge is -2.36.